The molecule has 1 aliphatic rings. The maximum Gasteiger partial charge on any atom is 0.191 e. The van der Waals surface area contributed by atoms with Crippen molar-refractivity contribution in [2.75, 3.05) is 12.4 Å². The Bertz CT molecular complexity index is 870. The maximum absolute atomic E-state index is 5.18. The van der Waals surface area contributed by atoms with Crippen LogP contribution in [0, 0.1) is 0 Å². The summed E-state index contributed by atoms with van der Waals surface area (Å²) in [5.41, 5.74) is 2.05. The number of nitrogens with zero attached hydrogens (tertiary/aromatic N) is 4. The molecule has 1 saturated carbocycles. The molecular weight excluding hydrogens is 366 g/mol. The molecule has 0 amide bonds. The van der Waals surface area contributed by atoms with Gasteiger partial charge in [0.15, 0.2) is 10.3 Å². The number of ether oxygens (including phenoxy) is 1. The lowest BCUT2D eigenvalue weighted by molar-refractivity contribution is 0.415. The van der Waals surface area contributed by atoms with Gasteiger partial charge in [0, 0.05) is 29.3 Å². The number of thiazole rings is 1. The highest BCUT2D eigenvalue weighted by Gasteiger charge is 2.29. The van der Waals surface area contributed by atoms with Crippen molar-refractivity contribution in [3.8, 4) is 5.75 Å². The fraction of sp³-hybridized carbons (Fsp3) is 0.389. The SMILES string of the molecule is CCn1c(SCc2csc(Nc3ccc(OC)cc3)n2)nnc1C1CC1. The molecule has 3 aromatic rings. The molecule has 0 unspecified atom stereocenters. The van der Waals surface area contributed by atoms with Gasteiger partial charge in [-0.2, -0.15) is 0 Å². The molecular formula is C18H21N5OS2. The molecule has 0 bridgehead atoms. The highest BCUT2D eigenvalue weighted by atomic mass is 32.2. The fourth-order valence-corrected chi connectivity index (χ4v) is 4.45. The number of anilines is 2. The van der Waals surface area contributed by atoms with Crippen LogP contribution in [0.5, 0.6) is 5.75 Å². The Morgan fingerprint density at radius 1 is 1.27 bits per heavy atom. The lowest BCUT2D eigenvalue weighted by Gasteiger charge is -2.05. The van der Waals surface area contributed by atoms with Crippen LogP contribution in [0.2, 0.25) is 0 Å². The first-order chi connectivity index (χ1) is 12.8. The molecule has 136 valence electrons. The van der Waals surface area contributed by atoms with Gasteiger partial charge in [-0.05, 0) is 44.0 Å². The fourth-order valence-electron chi connectivity index (χ4n) is 2.71. The summed E-state index contributed by atoms with van der Waals surface area (Å²) in [4.78, 5) is 4.67. The van der Waals surface area contributed by atoms with Crippen LogP contribution < -0.4 is 10.1 Å². The molecule has 0 spiro atoms. The summed E-state index contributed by atoms with van der Waals surface area (Å²) >= 11 is 3.31. The Balaban J connectivity index is 1.37. The van der Waals surface area contributed by atoms with Gasteiger partial charge in [0.25, 0.3) is 0 Å². The van der Waals surface area contributed by atoms with Crippen LogP contribution in [0.4, 0.5) is 10.8 Å². The summed E-state index contributed by atoms with van der Waals surface area (Å²) in [5, 5.41) is 16.1. The molecule has 0 saturated heterocycles. The number of thioether (sulfide) groups is 1. The van der Waals surface area contributed by atoms with E-state index in [0.717, 1.165) is 45.5 Å². The number of hydrogen-bond acceptors (Lipinski definition) is 7. The lowest BCUT2D eigenvalue weighted by atomic mass is 10.3. The zero-order valence-electron chi connectivity index (χ0n) is 14.8. The van der Waals surface area contributed by atoms with Crippen molar-refractivity contribution < 1.29 is 4.74 Å². The molecule has 8 heteroatoms. The van der Waals surface area contributed by atoms with Crippen molar-refractivity contribution >= 4 is 33.9 Å². The van der Waals surface area contributed by atoms with Crippen molar-refractivity contribution in [1.29, 1.82) is 0 Å². The predicted molar refractivity (Wildman–Crippen MR) is 106 cm³/mol. The first kappa shape index (κ1) is 17.4. The van der Waals surface area contributed by atoms with Gasteiger partial charge in [-0.3, -0.25) is 0 Å². The lowest BCUT2D eigenvalue weighted by Crippen LogP contribution is -2.02. The molecule has 0 radical (unpaired) electrons. The van der Waals surface area contributed by atoms with E-state index in [1.165, 1.54) is 12.8 Å². The first-order valence-electron chi connectivity index (χ1n) is 8.68. The summed E-state index contributed by atoms with van der Waals surface area (Å²) in [6.45, 7) is 3.07. The number of aromatic nitrogens is 4. The number of methoxy groups -OCH3 is 1. The second kappa shape index (κ2) is 7.67. The summed E-state index contributed by atoms with van der Waals surface area (Å²) in [5.74, 6) is 3.41. The quantitative estimate of drug-likeness (QED) is 0.566. The number of benzene rings is 1. The molecule has 1 N–H and O–H groups in total. The topological polar surface area (TPSA) is 64.9 Å². The molecule has 2 aromatic heterocycles. The Labute approximate surface area is 161 Å². The van der Waals surface area contributed by atoms with Gasteiger partial charge < -0.3 is 14.6 Å². The first-order valence-corrected chi connectivity index (χ1v) is 10.5. The average molecular weight is 388 g/mol. The van der Waals surface area contributed by atoms with Gasteiger partial charge in [0.1, 0.15) is 11.6 Å². The van der Waals surface area contributed by atoms with Crippen LogP contribution in [0.3, 0.4) is 0 Å². The monoisotopic (exact) mass is 387 g/mol. The minimum atomic E-state index is 0.622. The third kappa shape index (κ3) is 3.86. The highest BCUT2D eigenvalue weighted by molar-refractivity contribution is 7.98. The summed E-state index contributed by atoms with van der Waals surface area (Å²) in [7, 11) is 1.67. The van der Waals surface area contributed by atoms with Crippen molar-refractivity contribution in [2.24, 2.45) is 0 Å². The minimum Gasteiger partial charge on any atom is -0.497 e. The molecule has 26 heavy (non-hydrogen) atoms. The Kier molecular flexibility index (Phi) is 5.12. The van der Waals surface area contributed by atoms with E-state index < -0.39 is 0 Å². The van der Waals surface area contributed by atoms with E-state index in [1.807, 2.05) is 24.3 Å². The summed E-state index contributed by atoms with van der Waals surface area (Å²) < 4.78 is 7.42. The van der Waals surface area contributed by atoms with E-state index in [9.17, 15) is 0 Å². The van der Waals surface area contributed by atoms with E-state index in [4.69, 9.17) is 4.74 Å². The molecule has 1 aromatic carbocycles. The third-order valence-corrected chi connectivity index (χ3v) is 6.05. The van der Waals surface area contributed by atoms with Gasteiger partial charge in [0.05, 0.1) is 12.8 Å². The van der Waals surface area contributed by atoms with E-state index in [-0.39, 0.29) is 0 Å². The standard InChI is InChI=1S/C18H21N5OS2/c1-3-23-16(12-4-5-12)21-22-18(23)26-11-14-10-25-17(20-14)19-13-6-8-15(24-2)9-7-13/h6-10,12H,3-5,11H2,1-2H3,(H,19,20). The summed E-state index contributed by atoms with van der Waals surface area (Å²) in [6, 6.07) is 7.83. The van der Waals surface area contributed by atoms with Gasteiger partial charge in [-0.1, -0.05) is 11.8 Å². The highest BCUT2D eigenvalue weighted by Crippen LogP contribution is 2.40. The number of nitrogens with one attached hydrogen (secondary N) is 1. The molecule has 1 fully saturated rings. The zero-order valence-corrected chi connectivity index (χ0v) is 16.4. The average Bonchev–Trinajstić information content (AvgIpc) is 3.28. The molecule has 0 atom stereocenters. The van der Waals surface area contributed by atoms with Crippen LogP contribution in [-0.2, 0) is 12.3 Å². The van der Waals surface area contributed by atoms with Crippen molar-refractivity contribution in [3.05, 3.63) is 41.2 Å². The second-order valence-electron chi connectivity index (χ2n) is 6.15. The predicted octanol–water partition coefficient (Wildman–Crippen LogP) is 4.68. The zero-order chi connectivity index (χ0) is 17.9. The van der Waals surface area contributed by atoms with Crippen LogP contribution >= 0.6 is 23.1 Å². The normalized spacial score (nSPS) is 13.8. The molecule has 1 aliphatic carbocycles. The molecule has 4 rings (SSSR count). The second-order valence-corrected chi connectivity index (χ2v) is 7.95. The largest absolute Gasteiger partial charge is 0.497 e. The van der Waals surface area contributed by atoms with E-state index in [0.29, 0.717) is 5.92 Å². The van der Waals surface area contributed by atoms with Crippen LogP contribution in [0.15, 0.2) is 34.8 Å². The number of hydrogen-bond donors (Lipinski definition) is 1. The van der Waals surface area contributed by atoms with Crippen molar-refractivity contribution in [1.82, 2.24) is 19.7 Å². The Hall–Kier alpha value is -2.06. The van der Waals surface area contributed by atoms with Crippen molar-refractivity contribution in [3.63, 3.8) is 0 Å². The van der Waals surface area contributed by atoms with Gasteiger partial charge in [-0.15, -0.1) is 21.5 Å². The molecule has 6 nitrogen and oxygen atoms in total. The van der Waals surface area contributed by atoms with Gasteiger partial charge >= 0.3 is 0 Å². The Morgan fingerprint density at radius 2 is 2.08 bits per heavy atom. The smallest absolute Gasteiger partial charge is 0.191 e. The van der Waals surface area contributed by atoms with E-state index >= 15 is 0 Å². The van der Waals surface area contributed by atoms with Crippen LogP contribution in [0.25, 0.3) is 0 Å². The minimum absolute atomic E-state index is 0.622. The van der Waals surface area contributed by atoms with Gasteiger partial charge in [-0.25, -0.2) is 4.98 Å². The van der Waals surface area contributed by atoms with E-state index in [1.54, 1.807) is 30.2 Å². The van der Waals surface area contributed by atoms with Gasteiger partial charge in [0.2, 0.25) is 0 Å². The van der Waals surface area contributed by atoms with Crippen LogP contribution in [0.1, 0.15) is 37.2 Å². The number of rotatable bonds is 8. The van der Waals surface area contributed by atoms with Crippen molar-refractivity contribution in [2.45, 2.75) is 43.1 Å². The third-order valence-electron chi connectivity index (χ3n) is 4.25. The van der Waals surface area contributed by atoms with Crippen LogP contribution in [-0.4, -0.2) is 26.9 Å². The summed E-state index contributed by atoms with van der Waals surface area (Å²) in [6.07, 6.45) is 2.49. The maximum atomic E-state index is 5.18. The molecule has 2 heterocycles. The molecule has 0 aliphatic heterocycles. The van der Waals surface area contributed by atoms with E-state index in [2.05, 4.69) is 37.4 Å². The Morgan fingerprint density at radius 3 is 2.77 bits per heavy atom.